The number of halogens is 1. The van der Waals surface area contributed by atoms with E-state index in [2.05, 4.69) is 5.32 Å². The number of carbonyl (C=O) groups excluding carboxylic acids is 2. The topological polar surface area (TPSA) is 93.9 Å². The first kappa shape index (κ1) is 20.1. The van der Waals surface area contributed by atoms with E-state index in [1.54, 1.807) is 51.2 Å². The van der Waals surface area contributed by atoms with E-state index in [1.165, 1.54) is 0 Å². The molecular formula is C16H24ClN3O4. The minimum atomic E-state index is -1.02. The van der Waals surface area contributed by atoms with Gasteiger partial charge in [0.1, 0.15) is 17.5 Å². The van der Waals surface area contributed by atoms with Gasteiger partial charge in [0.15, 0.2) is 0 Å². The Morgan fingerprint density at radius 3 is 2.25 bits per heavy atom. The molecule has 1 atom stereocenters. The SMILES string of the molecule is COc1cc(OC)cc(N2CCC(NC(=O)C(C)(C)N)C2=O)c1.Cl. The fourth-order valence-corrected chi connectivity index (χ4v) is 2.36. The highest BCUT2D eigenvalue weighted by Gasteiger charge is 2.36. The molecule has 1 aromatic rings. The maximum atomic E-state index is 12.6. The molecule has 0 saturated carbocycles. The third kappa shape index (κ3) is 4.30. The Bertz CT molecular complexity index is 594. The predicted molar refractivity (Wildman–Crippen MR) is 94.0 cm³/mol. The van der Waals surface area contributed by atoms with Gasteiger partial charge in [-0.2, -0.15) is 0 Å². The zero-order chi connectivity index (χ0) is 17.2. The molecule has 0 spiro atoms. The molecule has 1 heterocycles. The highest BCUT2D eigenvalue weighted by atomic mass is 35.5. The molecule has 24 heavy (non-hydrogen) atoms. The van der Waals surface area contributed by atoms with Crippen LogP contribution in [0.3, 0.4) is 0 Å². The minimum absolute atomic E-state index is 0. The Labute approximate surface area is 147 Å². The number of anilines is 1. The monoisotopic (exact) mass is 357 g/mol. The quantitative estimate of drug-likeness (QED) is 0.822. The van der Waals surface area contributed by atoms with Crippen LogP contribution >= 0.6 is 12.4 Å². The highest BCUT2D eigenvalue weighted by Crippen LogP contribution is 2.31. The first-order valence-corrected chi connectivity index (χ1v) is 7.40. The molecule has 1 aliphatic rings. The van der Waals surface area contributed by atoms with Gasteiger partial charge in [-0.15, -0.1) is 12.4 Å². The first-order valence-electron chi connectivity index (χ1n) is 7.40. The number of nitrogens with one attached hydrogen (secondary N) is 1. The van der Waals surface area contributed by atoms with E-state index in [-0.39, 0.29) is 24.2 Å². The summed E-state index contributed by atoms with van der Waals surface area (Å²) in [5, 5.41) is 2.71. The standard InChI is InChI=1S/C16H23N3O4.ClH/c1-16(2,17)15(21)18-13-5-6-19(14(13)20)10-7-11(22-3)9-12(8-10)23-4;/h7-9,13H,5-6,17H2,1-4H3,(H,18,21);1H. The third-order valence-corrected chi connectivity index (χ3v) is 3.74. The second-order valence-electron chi connectivity index (χ2n) is 6.10. The molecular weight excluding hydrogens is 334 g/mol. The van der Waals surface area contributed by atoms with Gasteiger partial charge in [-0.25, -0.2) is 0 Å². The number of nitrogens with zero attached hydrogens (tertiary/aromatic N) is 1. The maximum absolute atomic E-state index is 12.6. The summed E-state index contributed by atoms with van der Waals surface area (Å²) in [5.74, 6) is 0.685. The molecule has 1 fully saturated rings. The summed E-state index contributed by atoms with van der Waals surface area (Å²) < 4.78 is 10.4. The molecule has 1 saturated heterocycles. The zero-order valence-electron chi connectivity index (χ0n) is 14.3. The zero-order valence-corrected chi connectivity index (χ0v) is 15.1. The Kier molecular flexibility index (Phi) is 6.45. The van der Waals surface area contributed by atoms with E-state index >= 15 is 0 Å². The predicted octanol–water partition coefficient (Wildman–Crippen LogP) is 1.08. The molecule has 2 amide bonds. The van der Waals surface area contributed by atoms with Crippen molar-refractivity contribution >= 4 is 29.9 Å². The minimum Gasteiger partial charge on any atom is -0.497 e. The lowest BCUT2D eigenvalue weighted by atomic mass is 10.1. The first-order chi connectivity index (χ1) is 10.8. The second-order valence-corrected chi connectivity index (χ2v) is 6.10. The van der Waals surface area contributed by atoms with Crippen LogP contribution in [0, 0.1) is 0 Å². The number of methoxy groups -OCH3 is 2. The Balaban J connectivity index is 0.00000288. The molecule has 0 bridgehead atoms. The normalized spacial score (nSPS) is 17.3. The van der Waals surface area contributed by atoms with Crippen molar-refractivity contribution in [3.8, 4) is 11.5 Å². The molecule has 0 aromatic heterocycles. The van der Waals surface area contributed by atoms with Crippen molar-refractivity contribution < 1.29 is 19.1 Å². The number of hydrogen-bond acceptors (Lipinski definition) is 5. The molecule has 1 unspecified atom stereocenters. The summed E-state index contributed by atoms with van der Waals surface area (Å²) in [5.41, 5.74) is 5.41. The third-order valence-electron chi connectivity index (χ3n) is 3.74. The van der Waals surface area contributed by atoms with Crippen molar-refractivity contribution in [2.75, 3.05) is 25.7 Å². The number of hydrogen-bond donors (Lipinski definition) is 2. The van der Waals surface area contributed by atoms with Crippen molar-refractivity contribution in [1.82, 2.24) is 5.32 Å². The highest BCUT2D eigenvalue weighted by molar-refractivity contribution is 6.02. The van der Waals surface area contributed by atoms with E-state index in [1.807, 2.05) is 0 Å². The van der Waals surface area contributed by atoms with Crippen LogP contribution in [0.25, 0.3) is 0 Å². The Hall–Kier alpha value is -1.99. The number of nitrogens with two attached hydrogens (primary N) is 1. The van der Waals surface area contributed by atoms with Crippen LogP contribution in [0.2, 0.25) is 0 Å². The van der Waals surface area contributed by atoms with Gasteiger partial charge in [0.05, 0.1) is 25.4 Å². The number of benzene rings is 1. The van der Waals surface area contributed by atoms with Gasteiger partial charge in [-0.3, -0.25) is 9.59 Å². The van der Waals surface area contributed by atoms with E-state index in [4.69, 9.17) is 15.2 Å². The van der Waals surface area contributed by atoms with Crippen LogP contribution in [-0.4, -0.2) is 44.2 Å². The number of rotatable bonds is 5. The van der Waals surface area contributed by atoms with Crippen molar-refractivity contribution in [3.05, 3.63) is 18.2 Å². The molecule has 0 radical (unpaired) electrons. The van der Waals surface area contributed by atoms with Gasteiger partial charge >= 0.3 is 0 Å². The number of carbonyl (C=O) groups is 2. The lowest BCUT2D eigenvalue weighted by molar-refractivity contribution is -0.129. The lowest BCUT2D eigenvalue weighted by Gasteiger charge is -2.22. The Morgan fingerprint density at radius 2 is 1.79 bits per heavy atom. The lowest BCUT2D eigenvalue weighted by Crippen LogP contribution is -2.53. The maximum Gasteiger partial charge on any atom is 0.249 e. The average Bonchev–Trinajstić information content (AvgIpc) is 2.86. The summed E-state index contributed by atoms with van der Waals surface area (Å²) in [7, 11) is 3.10. The van der Waals surface area contributed by atoms with E-state index in [0.29, 0.717) is 30.2 Å². The van der Waals surface area contributed by atoms with Gasteiger partial charge in [0, 0.05) is 24.7 Å². The summed E-state index contributed by atoms with van der Waals surface area (Å²) in [6.45, 7) is 3.71. The number of ether oxygens (including phenoxy) is 2. The van der Waals surface area contributed by atoms with E-state index < -0.39 is 11.6 Å². The molecule has 1 aromatic carbocycles. The van der Waals surface area contributed by atoms with Crippen LogP contribution < -0.4 is 25.4 Å². The van der Waals surface area contributed by atoms with Crippen LogP contribution in [0.15, 0.2) is 18.2 Å². The molecule has 134 valence electrons. The molecule has 2 rings (SSSR count). The summed E-state index contributed by atoms with van der Waals surface area (Å²) >= 11 is 0. The molecule has 7 nitrogen and oxygen atoms in total. The van der Waals surface area contributed by atoms with Gasteiger partial charge in [0.2, 0.25) is 11.8 Å². The summed E-state index contributed by atoms with van der Waals surface area (Å²) in [4.78, 5) is 26.1. The van der Waals surface area contributed by atoms with E-state index in [9.17, 15) is 9.59 Å². The fourth-order valence-electron chi connectivity index (χ4n) is 2.36. The molecule has 0 aliphatic carbocycles. The van der Waals surface area contributed by atoms with Crippen molar-refractivity contribution in [1.29, 1.82) is 0 Å². The van der Waals surface area contributed by atoms with Crippen LogP contribution in [0.1, 0.15) is 20.3 Å². The van der Waals surface area contributed by atoms with E-state index in [0.717, 1.165) is 0 Å². The molecule has 8 heteroatoms. The Morgan fingerprint density at radius 1 is 1.25 bits per heavy atom. The second kappa shape index (κ2) is 7.72. The van der Waals surface area contributed by atoms with Gasteiger partial charge in [-0.05, 0) is 20.3 Å². The van der Waals surface area contributed by atoms with Crippen molar-refractivity contribution in [2.45, 2.75) is 31.8 Å². The van der Waals surface area contributed by atoms with Crippen LogP contribution in [0.5, 0.6) is 11.5 Å². The van der Waals surface area contributed by atoms with Gasteiger partial charge in [-0.1, -0.05) is 0 Å². The summed E-state index contributed by atoms with van der Waals surface area (Å²) in [6, 6.07) is 4.69. The average molecular weight is 358 g/mol. The molecule has 1 aliphatic heterocycles. The van der Waals surface area contributed by atoms with Crippen molar-refractivity contribution in [2.24, 2.45) is 5.73 Å². The summed E-state index contributed by atoms with van der Waals surface area (Å²) in [6.07, 6.45) is 0.528. The number of amides is 2. The van der Waals surface area contributed by atoms with Gasteiger partial charge < -0.3 is 25.4 Å². The van der Waals surface area contributed by atoms with Crippen molar-refractivity contribution in [3.63, 3.8) is 0 Å². The van der Waals surface area contributed by atoms with Crippen LogP contribution in [0.4, 0.5) is 5.69 Å². The molecule has 3 N–H and O–H groups in total. The smallest absolute Gasteiger partial charge is 0.249 e. The van der Waals surface area contributed by atoms with Crippen LogP contribution in [-0.2, 0) is 9.59 Å². The largest absolute Gasteiger partial charge is 0.497 e. The van der Waals surface area contributed by atoms with Gasteiger partial charge in [0.25, 0.3) is 0 Å². The fraction of sp³-hybridized carbons (Fsp3) is 0.500.